The minimum Gasteiger partial charge on any atom is -0.431 e. The van der Waals surface area contributed by atoms with Crippen LogP contribution in [0.2, 0.25) is 0 Å². The maximum Gasteiger partial charge on any atom is 0.279 e. The Labute approximate surface area is 114 Å². The van der Waals surface area contributed by atoms with Crippen molar-refractivity contribution in [2.24, 2.45) is 0 Å². The first-order chi connectivity index (χ1) is 8.20. The lowest BCUT2D eigenvalue weighted by Crippen LogP contribution is -1.95. The fourth-order valence-corrected chi connectivity index (χ4v) is 2.68. The molecule has 0 aliphatic heterocycles. The van der Waals surface area contributed by atoms with Crippen LogP contribution in [0.15, 0.2) is 34.2 Å². The van der Waals surface area contributed by atoms with Crippen molar-refractivity contribution in [1.29, 1.82) is 0 Å². The molecule has 2 rings (SSSR count). The number of thiazole rings is 1. The van der Waals surface area contributed by atoms with Gasteiger partial charge in [0, 0.05) is 5.38 Å². The summed E-state index contributed by atoms with van der Waals surface area (Å²) in [5.41, 5.74) is 1.24. The summed E-state index contributed by atoms with van der Waals surface area (Å²) in [7, 11) is 0. The lowest BCUT2D eigenvalue weighted by atomic mass is 9.98. The van der Waals surface area contributed by atoms with Gasteiger partial charge in [0.25, 0.3) is 5.19 Å². The molecule has 1 atom stereocenters. The van der Waals surface area contributed by atoms with Gasteiger partial charge in [-0.2, -0.15) is 4.98 Å². The molecule has 90 valence electrons. The summed E-state index contributed by atoms with van der Waals surface area (Å²) in [6.07, 6.45) is 1.10. The molecule has 0 fully saturated rings. The highest BCUT2D eigenvalue weighted by atomic mass is 79.9. The van der Waals surface area contributed by atoms with Gasteiger partial charge in [-0.05, 0) is 39.9 Å². The summed E-state index contributed by atoms with van der Waals surface area (Å²) in [6.45, 7) is 4.39. The van der Waals surface area contributed by atoms with Crippen LogP contribution in [0.5, 0.6) is 10.9 Å². The van der Waals surface area contributed by atoms with Gasteiger partial charge in [0.15, 0.2) is 0 Å². The van der Waals surface area contributed by atoms with Crippen LogP contribution in [0.25, 0.3) is 0 Å². The molecular formula is C13H14BrNOS. The summed E-state index contributed by atoms with van der Waals surface area (Å²) < 4.78 is 6.65. The van der Waals surface area contributed by atoms with Gasteiger partial charge in [-0.1, -0.05) is 43.4 Å². The Hall–Kier alpha value is -0.870. The van der Waals surface area contributed by atoms with Gasteiger partial charge in [-0.15, -0.1) is 0 Å². The van der Waals surface area contributed by atoms with E-state index in [1.807, 2.05) is 23.6 Å². The number of ether oxygens (including phenoxy) is 1. The van der Waals surface area contributed by atoms with Crippen LogP contribution in [-0.2, 0) is 0 Å². The maximum absolute atomic E-state index is 5.83. The second kappa shape index (κ2) is 5.65. The molecule has 0 amide bonds. The van der Waals surface area contributed by atoms with Gasteiger partial charge < -0.3 is 4.74 Å². The zero-order chi connectivity index (χ0) is 12.3. The van der Waals surface area contributed by atoms with E-state index >= 15 is 0 Å². The quantitative estimate of drug-likeness (QED) is 0.773. The molecule has 0 N–H and O–H groups in total. The molecule has 2 aromatic rings. The van der Waals surface area contributed by atoms with E-state index in [0.29, 0.717) is 11.1 Å². The van der Waals surface area contributed by atoms with Crippen molar-refractivity contribution >= 4 is 27.3 Å². The molecular weight excluding hydrogens is 298 g/mol. The Morgan fingerprint density at radius 2 is 2.18 bits per heavy atom. The van der Waals surface area contributed by atoms with Crippen LogP contribution in [0.3, 0.4) is 0 Å². The van der Waals surface area contributed by atoms with Crippen molar-refractivity contribution < 1.29 is 4.74 Å². The first-order valence-electron chi connectivity index (χ1n) is 5.58. The standard InChI is InChI=1S/C13H14BrNOS/c1-3-9(2)10-6-4-5-7-11(10)16-13-15-12(14)8-17-13/h4-9H,3H2,1-2H3. The number of nitrogens with zero attached hydrogens (tertiary/aromatic N) is 1. The lowest BCUT2D eigenvalue weighted by Gasteiger charge is -2.13. The normalized spacial score (nSPS) is 12.4. The van der Waals surface area contributed by atoms with Crippen molar-refractivity contribution in [1.82, 2.24) is 4.98 Å². The molecule has 1 heterocycles. The monoisotopic (exact) mass is 311 g/mol. The van der Waals surface area contributed by atoms with Gasteiger partial charge in [-0.3, -0.25) is 0 Å². The van der Waals surface area contributed by atoms with Gasteiger partial charge in [-0.25, -0.2) is 0 Å². The van der Waals surface area contributed by atoms with Crippen molar-refractivity contribution in [3.8, 4) is 10.9 Å². The minimum atomic E-state index is 0.495. The number of hydrogen-bond acceptors (Lipinski definition) is 3. The van der Waals surface area contributed by atoms with Crippen LogP contribution in [0.1, 0.15) is 31.7 Å². The second-order valence-corrected chi connectivity index (χ2v) is 5.52. The van der Waals surface area contributed by atoms with E-state index in [0.717, 1.165) is 16.8 Å². The first kappa shape index (κ1) is 12.6. The van der Waals surface area contributed by atoms with E-state index < -0.39 is 0 Å². The second-order valence-electron chi connectivity index (χ2n) is 3.89. The predicted octanol–water partition coefficient (Wildman–Crippen LogP) is 5.21. The SMILES string of the molecule is CCC(C)c1ccccc1Oc1nc(Br)cs1. The van der Waals surface area contributed by atoms with Crippen molar-refractivity contribution in [2.45, 2.75) is 26.2 Å². The molecule has 0 saturated heterocycles. The van der Waals surface area contributed by atoms with Crippen molar-refractivity contribution in [3.05, 3.63) is 39.8 Å². The molecule has 0 radical (unpaired) electrons. The molecule has 0 spiro atoms. The van der Waals surface area contributed by atoms with Gasteiger partial charge in [0.2, 0.25) is 0 Å². The Morgan fingerprint density at radius 1 is 1.41 bits per heavy atom. The van der Waals surface area contributed by atoms with Crippen LogP contribution in [-0.4, -0.2) is 4.98 Å². The van der Waals surface area contributed by atoms with Crippen molar-refractivity contribution in [2.75, 3.05) is 0 Å². The highest BCUT2D eigenvalue weighted by molar-refractivity contribution is 9.10. The first-order valence-corrected chi connectivity index (χ1v) is 7.25. The molecule has 1 aromatic carbocycles. The number of para-hydroxylation sites is 1. The summed E-state index contributed by atoms with van der Waals surface area (Å²) in [4.78, 5) is 4.25. The zero-order valence-corrected chi connectivity index (χ0v) is 12.2. The highest BCUT2D eigenvalue weighted by Crippen LogP contribution is 2.33. The molecule has 1 unspecified atom stereocenters. The van der Waals surface area contributed by atoms with E-state index in [-0.39, 0.29) is 0 Å². The average Bonchev–Trinajstić information content (AvgIpc) is 2.74. The number of halogens is 1. The maximum atomic E-state index is 5.83. The number of hydrogen-bond donors (Lipinski definition) is 0. The van der Waals surface area contributed by atoms with Crippen LogP contribution >= 0.6 is 27.3 Å². The van der Waals surface area contributed by atoms with E-state index in [1.54, 1.807) is 0 Å². The Morgan fingerprint density at radius 3 is 2.82 bits per heavy atom. The molecule has 4 heteroatoms. The Kier molecular flexibility index (Phi) is 4.18. The lowest BCUT2D eigenvalue weighted by molar-refractivity contribution is 0.466. The van der Waals surface area contributed by atoms with Gasteiger partial charge >= 0.3 is 0 Å². The topological polar surface area (TPSA) is 22.1 Å². The molecule has 1 aromatic heterocycles. The van der Waals surface area contributed by atoms with Crippen LogP contribution in [0.4, 0.5) is 0 Å². The van der Waals surface area contributed by atoms with E-state index in [1.165, 1.54) is 16.9 Å². The Balaban J connectivity index is 2.26. The van der Waals surface area contributed by atoms with E-state index in [9.17, 15) is 0 Å². The third-order valence-corrected chi connectivity index (χ3v) is 4.14. The zero-order valence-electron chi connectivity index (χ0n) is 9.81. The molecule has 0 aliphatic rings. The largest absolute Gasteiger partial charge is 0.431 e. The summed E-state index contributed by atoms with van der Waals surface area (Å²) in [5.74, 6) is 1.40. The predicted molar refractivity (Wildman–Crippen MR) is 75.0 cm³/mol. The van der Waals surface area contributed by atoms with Crippen LogP contribution < -0.4 is 4.74 Å². The van der Waals surface area contributed by atoms with Crippen molar-refractivity contribution in [3.63, 3.8) is 0 Å². The third kappa shape index (κ3) is 3.07. The van der Waals surface area contributed by atoms with E-state index in [2.05, 4.69) is 40.8 Å². The fourth-order valence-electron chi connectivity index (χ4n) is 1.58. The summed E-state index contributed by atoms with van der Waals surface area (Å²) >= 11 is 4.82. The number of aromatic nitrogens is 1. The third-order valence-electron chi connectivity index (χ3n) is 2.71. The van der Waals surface area contributed by atoms with E-state index in [4.69, 9.17) is 4.74 Å². The smallest absolute Gasteiger partial charge is 0.279 e. The Bertz CT molecular complexity index is 498. The molecule has 0 bridgehead atoms. The highest BCUT2D eigenvalue weighted by Gasteiger charge is 2.11. The number of benzene rings is 1. The average molecular weight is 312 g/mol. The molecule has 17 heavy (non-hydrogen) atoms. The van der Waals surface area contributed by atoms with Gasteiger partial charge in [0.1, 0.15) is 10.4 Å². The minimum absolute atomic E-state index is 0.495. The molecule has 0 saturated carbocycles. The summed E-state index contributed by atoms with van der Waals surface area (Å²) in [6, 6.07) is 8.15. The molecule has 0 aliphatic carbocycles. The van der Waals surface area contributed by atoms with Crippen LogP contribution in [0, 0.1) is 0 Å². The number of rotatable bonds is 4. The fraction of sp³-hybridized carbons (Fsp3) is 0.308. The molecule has 2 nitrogen and oxygen atoms in total. The summed E-state index contributed by atoms with van der Waals surface area (Å²) in [5, 5.41) is 2.59. The van der Waals surface area contributed by atoms with Gasteiger partial charge in [0.05, 0.1) is 0 Å².